The monoisotopic (exact) mass is 754 g/mol. The van der Waals surface area contributed by atoms with Gasteiger partial charge in [-0.15, -0.1) is 0 Å². The van der Waals surface area contributed by atoms with Crippen LogP contribution in [0.1, 0.15) is 99.0 Å². The summed E-state index contributed by atoms with van der Waals surface area (Å²) in [6, 6.07) is 8.20. The fourth-order valence-corrected chi connectivity index (χ4v) is 7.87. The normalized spacial score (nSPS) is 32.0. The smallest absolute Gasteiger partial charge is 0.309 e. The van der Waals surface area contributed by atoms with E-state index in [9.17, 15) is 24.9 Å². The number of anilines is 1. The zero-order chi connectivity index (χ0) is 39.6. The highest BCUT2D eigenvalue weighted by Gasteiger charge is 2.54. The molecule has 11 heteroatoms. The van der Waals surface area contributed by atoms with E-state index in [-0.39, 0.29) is 49.4 Å². The molecule has 302 valence electrons. The van der Waals surface area contributed by atoms with Crippen LogP contribution in [0.25, 0.3) is 0 Å². The van der Waals surface area contributed by atoms with Crippen LogP contribution < -0.4 is 10.2 Å². The highest BCUT2D eigenvalue weighted by molar-refractivity contribution is 5.70. The van der Waals surface area contributed by atoms with Gasteiger partial charge in [-0.1, -0.05) is 57.2 Å². The molecule has 4 rings (SSSR count). The summed E-state index contributed by atoms with van der Waals surface area (Å²) < 4.78 is 23.4. The van der Waals surface area contributed by atoms with Gasteiger partial charge in [0.25, 0.3) is 0 Å². The summed E-state index contributed by atoms with van der Waals surface area (Å²) in [6.07, 6.45) is 10.3. The molecule has 0 aliphatic carbocycles. The molecule has 3 heterocycles. The number of ether oxygens (including phenoxy) is 4. The van der Waals surface area contributed by atoms with Gasteiger partial charge >= 0.3 is 11.9 Å². The van der Waals surface area contributed by atoms with Gasteiger partial charge in [0.1, 0.15) is 23.9 Å². The second-order valence-corrected chi connectivity index (χ2v) is 16.1. The molecule has 0 amide bonds. The zero-order valence-corrected chi connectivity index (χ0v) is 33.7. The maximum Gasteiger partial charge on any atom is 0.309 e. The van der Waals surface area contributed by atoms with Crippen LogP contribution in [0, 0.1) is 11.8 Å². The topological polar surface area (TPSA) is 150 Å². The number of methoxy groups -OCH3 is 1. The highest BCUT2D eigenvalue weighted by Crippen LogP contribution is 2.39. The Hall–Kier alpha value is -3.06. The van der Waals surface area contributed by atoms with E-state index >= 15 is 0 Å². The standard InChI is InChI=1S/C43H66N2O9/c1-9-35(51-8)30(4)39-40(54-39)41(44-27-32-16-18-33(19-17-32)45-24-11-10-12-25-45)43(7,50)22-13-14-28(2)38-29(3)15-20-36(52-31(5)46)42(6,49)23-21-34(47)26-37(48)53-38/h13-20,22,29-30,34-36,38-41,44,47,49-50H,9-12,21,23-27H2,1-8H3/b20-15+,22-13+,28-14+/t29-,30+,34+,35-,36-,38?,39+,40-,41?,42+,43?/m0/s1. The van der Waals surface area contributed by atoms with E-state index in [0.29, 0.717) is 12.1 Å². The minimum Gasteiger partial charge on any atom is -0.457 e. The number of nitrogens with one attached hydrogen (secondary N) is 1. The van der Waals surface area contributed by atoms with E-state index in [4.69, 9.17) is 18.9 Å². The van der Waals surface area contributed by atoms with Crippen molar-refractivity contribution in [1.82, 2.24) is 5.32 Å². The van der Waals surface area contributed by atoms with Crippen LogP contribution in [-0.4, -0.2) is 101 Å². The van der Waals surface area contributed by atoms with Crippen LogP contribution in [-0.2, 0) is 35.1 Å². The molecule has 0 bridgehead atoms. The highest BCUT2D eigenvalue weighted by atomic mass is 16.6. The number of nitrogens with zero attached hydrogens (tertiary/aromatic N) is 1. The Morgan fingerprint density at radius 2 is 1.83 bits per heavy atom. The zero-order valence-electron chi connectivity index (χ0n) is 33.7. The van der Waals surface area contributed by atoms with Crippen molar-refractivity contribution >= 4 is 17.6 Å². The molecule has 0 aromatic heterocycles. The summed E-state index contributed by atoms with van der Waals surface area (Å²) >= 11 is 0. The minimum atomic E-state index is -1.45. The lowest BCUT2D eigenvalue weighted by Gasteiger charge is -2.32. The van der Waals surface area contributed by atoms with Crippen molar-refractivity contribution < 1.29 is 43.9 Å². The maximum absolute atomic E-state index is 13.0. The Morgan fingerprint density at radius 3 is 2.46 bits per heavy atom. The van der Waals surface area contributed by atoms with Gasteiger partial charge in [-0.2, -0.15) is 0 Å². The Bertz CT molecular complexity index is 1440. The number of piperidine rings is 1. The van der Waals surface area contributed by atoms with Gasteiger partial charge in [-0.3, -0.25) is 9.59 Å². The predicted octanol–water partition coefficient (Wildman–Crippen LogP) is 5.55. The van der Waals surface area contributed by atoms with Crippen LogP contribution in [0.2, 0.25) is 0 Å². The summed E-state index contributed by atoms with van der Waals surface area (Å²) in [5, 5.41) is 37.4. The first-order valence-corrected chi connectivity index (χ1v) is 19.9. The molecule has 54 heavy (non-hydrogen) atoms. The van der Waals surface area contributed by atoms with Gasteiger partial charge in [0.15, 0.2) is 0 Å². The number of aliphatic hydroxyl groups excluding tert-OH is 1. The largest absolute Gasteiger partial charge is 0.457 e. The predicted molar refractivity (Wildman–Crippen MR) is 210 cm³/mol. The molecule has 0 saturated carbocycles. The van der Waals surface area contributed by atoms with Crippen molar-refractivity contribution in [3.8, 4) is 0 Å². The quantitative estimate of drug-likeness (QED) is 0.0820. The molecule has 11 nitrogen and oxygen atoms in total. The number of allylic oxidation sites excluding steroid dienone is 2. The third-order valence-corrected chi connectivity index (χ3v) is 11.4. The van der Waals surface area contributed by atoms with E-state index in [1.807, 2.05) is 13.8 Å². The third kappa shape index (κ3) is 12.2. The number of cyclic esters (lactones) is 1. The second kappa shape index (κ2) is 19.7. The molecule has 3 unspecified atom stereocenters. The average Bonchev–Trinajstić information content (AvgIpc) is 3.92. The lowest BCUT2D eigenvalue weighted by Crippen LogP contribution is -2.52. The SMILES string of the molecule is CC[C@H](OC)[C@@H](C)[C@H]1O[C@@H]1C(NCc1ccc(N2CCCCC2)cc1)C(C)(O)/C=C/C=C(\C)C1OC(=O)C[C@H](O)CC[C@@](C)(O)[C@@H](OC(C)=O)/C=C/[C@@H]1C. The number of benzene rings is 1. The molecule has 1 aromatic carbocycles. The van der Waals surface area contributed by atoms with Gasteiger partial charge in [0.2, 0.25) is 0 Å². The van der Waals surface area contributed by atoms with Crippen molar-refractivity contribution in [1.29, 1.82) is 0 Å². The van der Waals surface area contributed by atoms with Crippen molar-refractivity contribution in [2.45, 2.75) is 154 Å². The fraction of sp³-hybridized carbons (Fsp3) is 0.674. The maximum atomic E-state index is 13.0. The van der Waals surface area contributed by atoms with Gasteiger partial charge in [0.05, 0.1) is 36.4 Å². The molecule has 1 aromatic rings. The van der Waals surface area contributed by atoms with Crippen molar-refractivity contribution in [3.63, 3.8) is 0 Å². The minimum absolute atomic E-state index is 0.0373. The van der Waals surface area contributed by atoms with Gasteiger partial charge < -0.3 is 44.5 Å². The summed E-state index contributed by atoms with van der Waals surface area (Å²) in [4.78, 5) is 27.3. The number of rotatable bonds is 14. The number of hydrogen-bond acceptors (Lipinski definition) is 11. The Balaban J connectivity index is 1.55. The van der Waals surface area contributed by atoms with Gasteiger partial charge in [0, 0.05) is 51.2 Å². The summed E-state index contributed by atoms with van der Waals surface area (Å²) in [7, 11) is 1.72. The van der Waals surface area contributed by atoms with Crippen molar-refractivity contribution in [2.75, 3.05) is 25.1 Å². The number of epoxide rings is 1. The summed E-state index contributed by atoms with van der Waals surface area (Å²) in [5.41, 5.74) is 0.262. The molecular formula is C43H66N2O9. The summed E-state index contributed by atoms with van der Waals surface area (Å²) in [6.45, 7) is 15.2. The second-order valence-electron chi connectivity index (χ2n) is 16.1. The van der Waals surface area contributed by atoms with Crippen LogP contribution in [0.4, 0.5) is 5.69 Å². The van der Waals surface area contributed by atoms with E-state index < -0.39 is 47.5 Å². The lowest BCUT2D eigenvalue weighted by atomic mass is 9.87. The van der Waals surface area contributed by atoms with E-state index in [1.54, 1.807) is 51.3 Å². The van der Waals surface area contributed by atoms with Crippen LogP contribution in [0.15, 0.2) is 60.2 Å². The molecule has 11 atom stereocenters. The van der Waals surface area contributed by atoms with E-state index in [0.717, 1.165) is 25.1 Å². The third-order valence-electron chi connectivity index (χ3n) is 11.4. The van der Waals surface area contributed by atoms with E-state index in [2.05, 4.69) is 48.3 Å². The molecule has 0 spiro atoms. The molecule has 4 N–H and O–H groups in total. The first-order valence-electron chi connectivity index (χ1n) is 19.9. The lowest BCUT2D eigenvalue weighted by molar-refractivity contribution is -0.157. The van der Waals surface area contributed by atoms with Gasteiger partial charge in [-0.05, 0) is 88.6 Å². The van der Waals surface area contributed by atoms with Crippen LogP contribution in [0.5, 0.6) is 0 Å². The Morgan fingerprint density at radius 1 is 1.15 bits per heavy atom. The van der Waals surface area contributed by atoms with Crippen molar-refractivity contribution in [3.05, 3.63) is 65.8 Å². The van der Waals surface area contributed by atoms with Crippen LogP contribution in [0.3, 0.4) is 0 Å². The number of carbonyl (C=O) groups excluding carboxylic acids is 2. The first-order chi connectivity index (χ1) is 25.6. The molecule has 0 radical (unpaired) electrons. The molecular weight excluding hydrogens is 688 g/mol. The molecule has 2 saturated heterocycles. The fourth-order valence-electron chi connectivity index (χ4n) is 7.87. The Labute approximate surface area is 322 Å². The molecule has 3 aliphatic rings. The number of hydrogen-bond donors (Lipinski definition) is 4. The number of aliphatic hydroxyl groups is 3. The van der Waals surface area contributed by atoms with Crippen molar-refractivity contribution in [2.24, 2.45) is 11.8 Å². The first kappa shape index (κ1) is 43.7. The molecule has 2 fully saturated rings. The number of esters is 2. The van der Waals surface area contributed by atoms with E-state index in [1.165, 1.54) is 31.9 Å². The van der Waals surface area contributed by atoms with Gasteiger partial charge in [-0.25, -0.2) is 0 Å². The molecule has 3 aliphatic heterocycles. The number of carbonyl (C=O) groups is 2. The Kier molecular flexibility index (Phi) is 15.9. The van der Waals surface area contributed by atoms with Crippen LogP contribution >= 0.6 is 0 Å². The summed E-state index contributed by atoms with van der Waals surface area (Å²) in [5.74, 6) is -1.35. The average molecular weight is 755 g/mol.